The molecule has 0 fully saturated rings. The van der Waals surface area contributed by atoms with Gasteiger partial charge in [0.2, 0.25) is 0 Å². The third-order valence-corrected chi connectivity index (χ3v) is 3.93. The number of thiazole rings is 1. The number of nitrogens with zero attached hydrogens (tertiary/aromatic N) is 2. The second kappa shape index (κ2) is 5.45. The lowest BCUT2D eigenvalue weighted by molar-refractivity contribution is 0.259. The van der Waals surface area contributed by atoms with Gasteiger partial charge in [0, 0.05) is 23.0 Å². The number of hydrogen-bond acceptors (Lipinski definition) is 4. The number of amides is 2. The first-order chi connectivity index (χ1) is 10.1. The van der Waals surface area contributed by atoms with E-state index in [1.165, 1.54) is 0 Å². The molecule has 3 rings (SSSR count). The molecule has 7 heteroatoms. The number of aromatic nitrogens is 2. The molecule has 0 saturated carbocycles. The first-order valence-corrected chi connectivity index (χ1v) is 7.33. The van der Waals surface area contributed by atoms with Crippen LogP contribution in [-0.2, 0) is 6.54 Å². The van der Waals surface area contributed by atoms with Crippen LogP contribution in [-0.4, -0.2) is 15.4 Å². The summed E-state index contributed by atoms with van der Waals surface area (Å²) in [5.41, 5.74) is 8.89. The highest BCUT2D eigenvalue weighted by Crippen LogP contribution is 2.19. The van der Waals surface area contributed by atoms with E-state index in [0.29, 0.717) is 12.2 Å². The summed E-state index contributed by atoms with van der Waals surface area (Å²) in [6.07, 6.45) is 2.02. The molecular formula is C14H15N5OS. The smallest absolute Gasteiger partial charge is 0.316 e. The van der Waals surface area contributed by atoms with Gasteiger partial charge in [-0.05, 0) is 31.2 Å². The maximum atomic E-state index is 10.8. The van der Waals surface area contributed by atoms with Crippen LogP contribution >= 0.6 is 11.3 Å². The van der Waals surface area contributed by atoms with Crippen LogP contribution < -0.4 is 16.4 Å². The lowest BCUT2D eigenvalue weighted by Crippen LogP contribution is -2.19. The van der Waals surface area contributed by atoms with Gasteiger partial charge in [-0.15, -0.1) is 11.3 Å². The Hall–Kier alpha value is -2.54. The number of anilines is 2. The van der Waals surface area contributed by atoms with Gasteiger partial charge in [-0.1, -0.05) is 0 Å². The standard InChI is InChI=1S/C14H15N5OS/c1-9-12(19-6-7-21-14(19)17-9)8-16-10-2-4-11(5-3-10)18-13(15)20/h2-7,16H,8H2,1H3,(H3,15,18,20). The van der Waals surface area contributed by atoms with Gasteiger partial charge in [0.25, 0.3) is 0 Å². The molecule has 0 aliphatic heterocycles. The van der Waals surface area contributed by atoms with Crippen molar-refractivity contribution in [2.45, 2.75) is 13.5 Å². The molecule has 4 N–H and O–H groups in total. The fraction of sp³-hybridized carbons (Fsp3) is 0.143. The fourth-order valence-electron chi connectivity index (χ4n) is 2.15. The summed E-state index contributed by atoms with van der Waals surface area (Å²) in [4.78, 5) is 16.3. The summed E-state index contributed by atoms with van der Waals surface area (Å²) in [7, 11) is 0. The van der Waals surface area contributed by atoms with E-state index in [1.807, 2.05) is 30.6 Å². The molecule has 0 bridgehead atoms. The fourth-order valence-corrected chi connectivity index (χ4v) is 2.93. The van der Waals surface area contributed by atoms with Crippen molar-refractivity contribution in [2.24, 2.45) is 5.73 Å². The van der Waals surface area contributed by atoms with Crippen molar-refractivity contribution in [1.29, 1.82) is 0 Å². The predicted octanol–water partition coefficient (Wildman–Crippen LogP) is 2.81. The zero-order chi connectivity index (χ0) is 14.8. The molecule has 2 heterocycles. The van der Waals surface area contributed by atoms with Crippen LogP contribution in [0.15, 0.2) is 35.8 Å². The first-order valence-electron chi connectivity index (χ1n) is 6.45. The highest BCUT2D eigenvalue weighted by atomic mass is 32.1. The summed E-state index contributed by atoms with van der Waals surface area (Å²) in [6, 6.07) is 6.83. The first kappa shape index (κ1) is 13.4. The normalized spacial score (nSPS) is 10.7. The number of aryl methyl sites for hydroxylation is 1. The second-order valence-electron chi connectivity index (χ2n) is 4.62. The van der Waals surface area contributed by atoms with Gasteiger partial charge >= 0.3 is 6.03 Å². The molecule has 0 aliphatic carbocycles. The Bertz CT molecular complexity index is 774. The summed E-state index contributed by atoms with van der Waals surface area (Å²) in [5.74, 6) is 0. The summed E-state index contributed by atoms with van der Waals surface area (Å²) in [6.45, 7) is 2.70. The minimum atomic E-state index is -0.564. The van der Waals surface area contributed by atoms with Gasteiger partial charge in [0.05, 0.1) is 17.9 Å². The predicted molar refractivity (Wildman–Crippen MR) is 84.8 cm³/mol. The van der Waals surface area contributed by atoms with Crippen molar-refractivity contribution in [1.82, 2.24) is 9.38 Å². The van der Waals surface area contributed by atoms with Gasteiger partial charge in [-0.3, -0.25) is 4.40 Å². The largest absolute Gasteiger partial charge is 0.379 e. The number of urea groups is 1. The number of nitrogens with two attached hydrogens (primary N) is 1. The topological polar surface area (TPSA) is 84.4 Å². The lowest BCUT2D eigenvalue weighted by atomic mass is 10.2. The Kier molecular flexibility index (Phi) is 3.49. The van der Waals surface area contributed by atoms with E-state index in [-0.39, 0.29) is 0 Å². The van der Waals surface area contributed by atoms with Gasteiger partial charge in [-0.25, -0.2) is 9.78 Å². The summed E-state index contributed by atoms with van der Waals surface area (Å²) >= 11 is 1.62. The minimum Gasteiger partial charge on any atom is -0.379 e. The average Bonchev–Trinajstić information content (AvgIpc) is 2.98. The summed E-state index contributed by atoms with van der Waals surface area (Å²) < 4.78 is 2.09. The number of carbonyl (C=O) groups excluding carboxylic acids is 1. The second-order valence-corrected chi connectivity index (χ2v) is 5.49. The van der Waals surface area contributed by atoms with Crippen molar-refractivity contribution >= 4 is 33.7 Å². The van der Waals surface area contributed by atoms with Crippen molar-refractivity contribution in [3.05, 3.63) is 47.2 Å². The Balaban J connectivity index is 1.71. The highest BCUT2D eigenvalue weighted by Gasteiger charge is 2.08. The molecule has 0 spiro atoms. The van der Waals surface area contributed by atoms with Crippen LogP contribution in [0, 0.1) is 6.92 Å². The highest BCUT2D eigenvalue weighted by molar-refractivity contribution is 7.15. The molecule has 0 saturated heterocycles. The molecule has 2 amide bonds. The van der Waals surface area contributed by atoms with E-state index < -0.39 is 6.03 Å². The number of fused-ring (bicyclic) bond motifs is 1. The summed E-state index contributed by atoms with van der Waals surface area (Å²) in [5, 5.41) is 7.90. The monoisotopic (exact) mass is 301 g/mol. The van der Waals surface area contributed by atoms with E-state index in [4.69, 9.17) is 5.73 Å². The van der Waals surface area contributed by atoms with Crippen molar-refractivity contribution in [3.8, 4) is 0 Å². The van der Waals surface area contributed by atoms with E-state index in [1.54, 1.807) is 23.5 Å². The Morgan fingerprint density at radius 1 is 1.33 bits per heavy atom. The number of hydrogen-bond donors (Lipinski definition) is 3. The van der Waals surface area contributed by atoms with Crippen LogP contribution in [0.4, 0.5) is 16.2 Å². The number of imidazole rings is 1. The molecule has 0 unspecified atom stereocenters. The van der Waals surface area contributed by atoms with E-state index in [0.717, 1.165) is 22.0 Å². The van der Waals surface area contributed by atoms with E-state index in [9.17, 15) is 4.79 Å². The van der Waals surface area contributed by atoms with Crippen molar-refractivity contribution in [2.75, 3.05) is 10.6 Å². The van der Waals surface area contributed by atoms with Crippen LogP contribution in [0.1, 0.15) is 11.4 Å². The molecular weight excluding hydrogens is 286 g/mol. The third-order valence-electron chi connectivity index (χ3n) is 3.17. The zero-order valence-electron chi connectivity index (χ0n) is 11.5. The molecule has 0 radical (unpaired) electrons. The van der Waals surface area contributed by atoms with E-state index >= 15 is 0 Å². The third kappa shape index (κ3) is 2.82. The maximum absolute atomic E-state index is 10.8. The van der Waals surface area contributed by atoms with Gasteiger partial charge in [-0.2, -0.15) is 0 Å². The maximum Gasteiger partial charge on any atom is 0.316 e. The van der Waals surface area contributed by atoms with Crippen LogP contribution in [0.2, 0.25) is 0 Å². The quantitative estimate of drug-likeness (QED) is 0.692. The van der Waals surface area contributed by atoms with Crippen LogP contribution in [0.25, 0.3) is 4.96 Å². The number of carbonyl (C=O) groups is 1. The number of rotatable bonds is 4. The van der Waals surface area contributed by atoms with Gasteiger partial charge in [0.1, 0.15) is 0 Å². The van der Waals surface area contributed by atoms with Crippen LogP contribution in [0.5, 0.6) is 0 Å². The lowest BCUT2D eigenvalue weighted by Gasteiger charge is -2.08. The molecule has 2 aromatic heterocycles. The molecule has 0 atom stereocenters. The SMILES string of the molecule is Cc1nc2sccn2c1CNc1ccc(NC(N)=O)cc1. The Labute approximate surface area is 125 Å². The Morgan fingerprint density at radius 2 is 2.05 bits per heavy atom. The van der Waals surface area contributed by atoms with E-state index in [2.05, 4.69) is 20.0 Å². The van der Waals surface area contributed by atoms with Crippen molar-refractivity contribution < 1.29 is 4.79 Å². The zero-order valence-corrected chi connectivity index (χ0v) is 12.3. The average molecular weight is 301 g/mol. The van der Waals surface area contributed by atoms with Crippen molar-refractivity contribution in [3.63, 3.8) is 0 Å². The minimum absolute atomic E-state index is 0.564. The number of primary amides is 1. The van der Waals surface area contributed by atoms with Crippen LogP contribution in [0.3, 0.4) is 0 Å². The molecule has 1 aromatic carbocycles. The number of benzene rings is 1. The molecule has 108 valence electrons. The molecule has 3 aromatic rings. The Morgan fingerprint density at radius 3 is 2.76 bits per heavy atom. The number of nitrogens with one attached hydrogen (secondary N) is 2. The van der Waals surface area contributed by atoms with Gasteiger partial charge in [0.15, 0.2) is 4.96 Å². The molecule has 0 aliphatic rings. The molecule has 21 heavy (non-hydrogen) atoms. The van der Waals surface area contributed by atoms with Gasteiger partial charge < -0.3 is 16.4 Å². The molecule has 6 nitrogen and oxygen atoms in total.